The smallest absolute Gasteiger partial charge is 0.313 e. The third-order valence-corrected chi connectivity index (χ3v) is 5.76. The van der Waals surface area contributed by atoms with E-state index < -0.39 is 5.97 Å². The second-order valence-electron chi connectivity index (χ2n) is 4.40. The fourth-order valence-corrected chi connectivity index (χ4v) is 4.19. The fraction of sp³-hybridized carbons (Fsp3) is 0.462. The first kappa shape index (κ1) is 16.4. The zero-order chi connectivity index (χ0) is 15.4. The summed E-state index contributed by atoms with van der Waals surface area (Å²) in [4.78, 5) is 27.9. The van der Waals surface area contributed by atoms with E-state index in [2.05, 4.69) is 11.9 Å². The highest BCUT2D eigenvalue weighted by Gasteiger charge is 2.18. The van der Waals surface area contributed by atoms with Gasteiger partial charge in [-0.3, -0.25) is 14.2 Å². The zero-order valence-corrected chi connectivity index (χ0v) is 14.2. The van der Waals surface area contributed by atoms with Crippen molar-refractivity contribution in [3.63, 3.8) is 0 Å². The molecule has 2 aromatic heterocycles. The molecule has 1 N–H and O–H groups in total. The second-order valence-corrected chi connectivity index (χ2v) is 7.57. The van der Waals surface area contributed by atoms with Crippen LogP contribution in [0.2, 0.25) is 0 Å². The lowest BCUT2D eigenvalue weighted by molar-refractivity contribution is -0.133. The van der Waals surface area contributed by atoms with Crippen molar-refractivity contribution in [3.8, 4) is 0 Å². The van der Waals surface area contributed by atoms with Crippen LogP contribution in [0.4, 0.5) is 0 Å². The zero-order valence-electron chi connectivity index (χ0n) is 11.7. The molecule has 1 atom stereocenters. The molecule has 0 aliphatic carbocycles. The van der Waals surface area contributed by atoms with Crippen molar-refractivity contribution in [2.75, 3.05) is 17.3 Å². The molecule has 0 amide bonds. The Morgan fingerprint density at radius 1 is 1.57 bits per heavy atom. The molecule has 5 nitrogen and oxygen atoms in total. The number of hydrogen-bond donors (Lipinski definition) is 1. The van der Waals surface area contributed by atoms with Gasteiger partial charge in [0.25, 0.3) is 5.56 Å². The molecular formula is C13H16N2O3S3. The summed E-state index contributed by atoms with van der Waals surface area (Å²) in [5.74, 6) is 0.762. The standard InChI is InChI=1S/C13H16N2O3S3/c1-3-19-6-8(2)15-12(18)11-9(4-5-20-11)14-13(15)21-7-10(16)17/h4-5,8H,3,6-7H2,1-2H3,(H,16,17). The van der Waals surface area contributed by atoms with E-state index in [4.69, 9.17) is 5.11 Å². The van der Waals surface area contributed by atoms with E-state index in [9.17, 15) is 9.59 Å². The molecular weight excluding hydrogens is 328 g/mol. The largest absolute Gasteiger partial charge is 0.481 e. The maximum Gasteiger partial charge on any atom is 0.313 e. The van der Waals surface area contributed by atoms with Crippen molar-refractivity contribution in [2.24, 2.45) is 0 Å². The Morgan fingerprint density at radius 3 is 3.00 bits per heavy atom. The Labute approximate surface area is 134 Å². The highest BCUT2D eigenvalue weighted by Crippen LogP contribution is 2.24. The van der Waals surface area contributed by atoms with Crippen LogP contribution in [-0.4, -0.2) is 37.9 Å². The molecule has 0 radical (unpaired) electrons. The number of thioether (sulfide) groups is 2. The minimum atomic E-state index is -0.915. The van der Waals surface area contributed by atoms with Crippen LogP contribution in [-0.2, 0) is 4.79 Å². The van der Waals surface area contributed by atoms with Crippen LogP contribution < -0.4 is 5.56 Å². The fourth-order valence-electron chi connectivity index (χ4n) is 1.88. The van der Waals surface area contributed by atoms with Crippen LogP contribution in [0.25, 0.3) is 10.2 Å². The average molecular weight is 344 g/mol. The van der Waals surface area contributed by atoms with Crippen molar-refractivity contribution in [2.45, 2.75) is 25.0 Å². The summed E-state index contributed by atoms with van der Waals surface area (Å²) < 4.78 is 2.26. The highest BCUT2D eigenvalue weighted by atomic mass is 32.2. The molecule has 114 valence electrons. The van der Waals surface area contributed by atoms with E-state index in [1.165, 1.54) is 11.3 Å². The lowest BCUT2D eigenvalue weighted by Gasteiger charge is -2.18. The van der Waals surface area contributed by atoms with Crippen LogP contribution in [0.3, 0.4) is 0 Å². The van der Waals surface area contributed by atoms with Gasteiger partial charge in [-0.1, -0.05) is 18.7 Å². The molecule has 0 fully saturated rings. The van der Waals surface area contributed by atoms with Gasteiger partial charge in [-0.05, 0) is 24.1 Å². The number of thiophene rings is 1. The number of rotatable bonds is 7. The quantitative estimate of drug-likeness (QED) is 0.615. The maximum absolute atomic E-state index is 12.6. The van der Waals surface area contributed by atoms with E-state index in [1.54, 1.807) is 22.4 Å². The van der Waals surface area contributed by atoms with Gasteiger partial charge in [-0.15, -0.1) is 11.3 Å². The number of fused-ring (bicyclic) bond motifs is 1. The first-order valence-corrected chi connectivity index (χ1v) is 9.48. The van der Waals surface area contributed by atoms with Crippen molar-refractivity contribution in [3.05, 3.63) is 21.8 Å². The summed E-state index contributed by atoms with van der Waals surface area (Å²) in [5.41, 5.74) is 0.566. The van der Waals surface area contributed by atoms with E-state index in [-0.39, 0.29) is 17.4 Å². The molecule has 2 rings (SSSR count). The second kappa shape index (κ2) is 7.33. The van der Waals surface area contributed by atoms with E-state index in [0.29, 0.717) is 15.4 Å². The SMILES string of the molecule is CCSCC(C)n1c(SCC(=O)O)nc2ccsc2c1=O. The van der Waals surface area contributed by atoms with Gasteiger partial charge < -0.3 is 5.11 Å². The number of hydrogen-bond acceptors (Lipinski definition) is 6. The third kappa shape index (κ3) is 3.81. The van der Waals surface area contributed by atoms with Crippen LogP contribution in [0.5, 0.6) is 0 Å². The van der Waals surface area contributed by atoms with Gasteiger partial charge in [0, 0.05) is 11.8 Å². The van der Waals surface area contributed by atoms with Gasteiger partial charge in [0.2, 0.25) is 0 Å². The number of carboxylic acid groups (broad SMARTS) is 1. The third-order valence-electron chi connectivity index (χ3n) is 2.81. The summed E-state index contributed by atoms with van der Waals surface area (Å²) in [7, 11) is 0. The molecule has 21 heavy (non-hydrogen) atoms. The van der Waals surface area contributed by atoms with Gasteiger partial charge in [-0.25, -0.2) is 4.98 Å². The summed E-state index contributed by atoms with van der Waals surface area (Å²) in [6.07, 6.45) is 0. The summed E-state index contributed by atoms with van der Waals surface area (Å²) in [5, 5.41) is 11.2. The Bertz CT molecular complexity index is 696. The molecule has 0 aliphatic rings. The van der Waals surface area contributed by atoms with Gasteiger partial charge in [0.15, 0.2) is 5.16 Å². The van der Waals surface area contributed by atoms with Crippen molar-refractivity contribution in [1.29, 1.82) is 0 Å². The van der Waals surface area contributed by atoms with Gasteiger partial charge in [0.05, 0.1) is 11.3 Å². The van der Waals surface area contributed by atoms with Gasteiger partial charge >= 0.3 is 5.97 Å². The van der Waals surface area contributed by atoms with Crippen LogP contribution in [0.1, 0.15) is 19.9 Å². The summed E-state index contributed by atoms with van der Waals surface area (Å²) >= 11 is 4.22. The van der Waals surface area contributed by atoms with Crippen LogP contribution in [0, 0.1) is 0 Å². The van der Waals surface area contributed by atoms with Crippen molar-refractivity contribution >= 4 is 51.0 Å². The lowest BCUT2D eigenvalue weighted by Crippen LogP contribution is -2.27. The first-order valence-electron chi connectivity index (χ1n) is 6.46. The Hall–Kier alpha value is -0.990. The number of aliphatic carboxylic acids is 1. The van der Waals surface area contributed by atoms with Crippen LogP contribution in [0.15, 0.2) is 21.4 Å². The lowest BCUT2D eigenvalue weighted by atomic mass is 10.3. The minimum Gasteiger partial charge on any atom is -0.481 e. The molecule has 0 spiro atoms. The Balaban J connectivity index is 2.46. The topological polar surface area (TPSA) is 72.2 Å². The number of aromatic nitrogens is 2. The first-order chi connectivity index (χ1) is 10.0. The molecule has 8 heteroatoms. The molecule has 1 unspecified atom stereocenters. The monoisotopic (exact) mass is 344 g/mol. The van der Waals surface area contributed by atoms with Crippen molar-refractivity contribution in [1.82, 2.24) is 9.55 Å². The molecule has 2 aromatic rings. The van der Waals surface area contributed by atoms with E-state index in [0.717, 1.165) is 23.3 Å². The highest BCUT2D eigenvalue weighted by molar-refractivity contribution is 7.99. The average Bonchev–Trinajstić information content (AvgIpc) is 2.91. The summed E-state index contributed by atoms with van der Waals surface area (Å²) in [6.45, 7) is 4.04. The number of carboxylic acids is 1. The normalized spacial score (nSPS) is 12.7. The predicted octanol–water partition coefficient (Wildman–Crippen LogP) is 2.95. The van der Waals surface area contributed by atoms with E-state index >= 15 is 0 Å². The molecule has 0 bridgehead atoms. The molecule has 2 heterocycles. The molecule has 0 aliphatic heterocycles. The minimum absolute atomic E-state index is 0.0160. The van der Waals surface area contributed by atoms with Crippen LogP contribution >= 0.6 is 34.9 Å². The number of nitrogens with zero attached hydrogens (tertiary/aromatic N) is 2. The molecule has 0 saturated heterocycles. The Kier molecular flexibility index (Phi) is 5.72. The molecule has 0 aromatic carbocycles. The predicted molar refractivity (Wildman–Crippen MR) is 89.9 cm³/mol. The number of carbonyl (C=O) groups is 1. The maximum atomic E-state index is 12.6. The van der Waals surface area contributed by atoms with Gasteiger partial charge in [0.1, 0.15) is 4.70 Å². The van der Waals surface area contributed by atoms with Crippen molar-refractivity contribution < 1.29 is 9.90 Å². The summed E-state index contributed by atoms with van der Waals surface area (Å²) in [6, 6.07) is 1.78. The Morgan fingerprint density at radius 2 is 2.33 bits per heavy atom. The molecule has 0 saturated carbocycles. The van der Waals surface area contributed by atoms with Gasteiger partial charge in [-0.2, -0.15) is 11.8 Å². The van der Waals surface area contributed by atoms with E-state index in [1.807, 2.05) is 12.3 Å².